The van der Waals surface area contributed by atoms with Gasteiger partial charge in [0.1, 0.15) is 7.11 Å². The number of hydrogen-bond donors (Lipinski definition) is 0. The predicted molar refractivity (Wildman–Crippen MR) is 103 cm³/mol. The zero-order valence-electron chi connectivity index (χ0n) is 15.9. The Morgan fingerprint density at radius 3 is 1.30 bits per heavy atom. The van der Waals surface area contributed by atoms with Gasteiger partial charge in [-0.15, -0.1) is 0 Å². The van der Waals surface area contributed by atoms with Crippen LogP contribution < -0.4 is 19.4 Å². The van der Waals surface area contributed by atoms with E-state index in [4.69, 9.17) is 4.74 Å². The van der Waals surface area contributed by atoms with Crippen LogP contribution in [0.3, 0.4) is 0 Å². The number of rotatable bonds is 10. The molecule has 131 valence electrons. The molecule has 0 bridgehead atoms. The third kappa shape index (κ3) is 4.24. The zero-order chi connectivity index (χ0) is 17.4. The summed E-state index contributed by atoms with van der Waals surface area (Å²) in [6, 6.07) is 4.49. The molecule has 1 aromatic carbocycles. The van der Waals surface area contributed by atoms with Gasteiger partial charge in [-0.25, -0.2) is 0 Å². The molecule has 0 aromatic heterocycles. The van der Waals surface area contributed by atoms with Crippen LogP contribution >= 0.6 is 0 Å². The second-order valence-corrected chi connectivity index (χ2v) is 5.47. The Morgan fingerprint density at radius 1 is 0.696 bits per heavy atom. The minimum Gasteiger partial charge on any atom is -0.486 e. The molecular formula is C19H34N3O. The maximum Gasteiger partial charge on any atom is 0.166 e. The number of nitrogens with zero attached hydrogens (tertiary/aromatic N) is 3. The predicted octanol–water partition coefficient (Wildman–Crippen LogP) is 4.40. The molecule has 0 aliphatic carbocycles. The molecule has 0 heterocycles. The average Bonchev–Trinajstić information content (AvgIpc) is 2.58. The molecule has 0 aliphatic heterocycles. The van der Waals surface area contributed by atoms with E-state index in [2.05, 4.69) is 75.5 Å². The molecule has 4 nitrogen and oxygen atoms in total. The van der Waals surface area contributed by atoms with E-state index in [9.17, 15) is 0 Å². The fraction of sp³-hybridized carbons (Fsp3) is 0.632. The van der Waals surface area contributed by atoms with Crippen LogP contribution in [-0.2, 0) is 0 Å². The molecular weight excluding hydrogens is 286 g/mol. The molecule has 0 spiro atoms. The summed E-state index contributed by atoms with van der Waals surface area (Å²) in [5, 5.41) is 0. The minimum absolute atomic E-state index is 0.883. The van der Waals surface area contributed by atoms with E-state index in [1.54, 1.807) is 0 Å². The van der Waals surface area contributed by atoms with Crippen molar-refractivity contribution < 1.29 is 4.74 Å². The van der Waals surface area contributed by atoms with Crippen molar-refractivity contribution in [3.63, 3.8) is 0 Å². The summed E-state index contributed by atoms with van der Waals surface area (Å²) in [6.07, 6.45) is 0. The standard InChI is InChI=1S/C19H34N3O/c1-8-20(9-2)16-14-17(21(10-3)11-4)19(23-7)18(15-16)22(12-5)13-6/h14-15H,7-13H2,1-6H3. The van der Waals surface area contributed by atoms with Gasteiger partial charge >= 0.3 is 0 Å². The summed E-state index contributed by atoms with van der Waals surface area (Å²) in [5.41, 5.74) is 3.52. The minimum atomic E-state index is 0.883. The van der Waals surface area contributed by atoms with Crippen LogP contribution in [0, 0.1) is 7.11 Å². The quantitative estimate of drug-likeness (QED) is 0.636. The normalized spacial score (nSPS) is 10.6. The topological polar surface area (TPSA) is 19.0 Å². The summed E-state index contributed by atoms with van der Waals surface area (Å²) in [4.78, 5) is 7.05. The highest BCUT2D eigenvalue weighted by atomic mass is 16.5. The largest absolute Gasteiger partial charge is 0.486 e. The molecule has 0 aliphatic rings. The van der Waals surface area contributed by atoms with Crippen LogP contribution in [0.15, 0.2) is 12.1 Å². The monoisotopic (exact) mass is 320 g/mol. The van der Waals surface area contributed by atoms with Crippen LogP contribution in [-0.4, -0.2) is 39.3 Å². The molecule has 4 heteroatoms. The van der Waals surface area contributed by atoms with Gasteiger partial charge in [-0.05, 0) is 53.7 Å². The fourth-order valence-corrected chi connectivity index (χ4v) is 3.10. The molecule has 1 aromatic rings. The van der Waals surface area contributed by atoms with Crippen molar-refractivity contribution in [3.8, 4) is 5.75 Å². The highest BCUT2D eigenvalue weighted by molar-refractivity contribution is 5.79. The van der Waals surface area contributed by atoms with Crippen LogP contribution in [0.5, 0.6) is 5.75 Å². The molecule has 1 radical (unpaired) electrons. The fourth-order valence-electron chi connectivity index (χ4n) is 3.10. The van der Waals surface area contributed by atoms with Crippen LogP contribution in [0.1, 0.15) is 41.5 Å². The molecule has 0 saturated heterocycles. The second-order valence-electron chi connectivity index (χ2n) is 5.47. The Kier molecular flexibility index (Phi) is 8.07. The lowest BCUT2D eigenvalue weighted by Gasteiger charge is -2.32. The average molecular weight is 321 g/mol. The lowest BCUT2D eigenvalue weighted by Crippen LogP contribution is -2.28. The molecule has 1 rings (SSSR count). The third-order valence-electron chi connectivity index (χ3n) is 4.52. The van der Waals surface area contributed by atoms with E-state index < -0.39 is 0 Å². The summed E-state index contributed by atoms with van der Waals surface area (Å²) < 4.78 is 5.60. The van der Waals surface area contributed by atoms with E-state index in [0.717, 1.165) is 56.4 Å². The summed E-state index contributed by atoms with van der Waals surface area (Å²) in [6.45, 7) is 18.9. The van der Waals surface area contributed by atoms with Crippen molar-refractivity contribution in [2.24, 2.45) is 0 Å². The van der Waals surface area contributed by atoms with Crippen LogP contribution in [0.2, 0.25) is 0 Å². The smallest absolute Gasteiger partial charge is 0.166 e. The Labute approximate surface area is 143 Å². The molecule has 0 saturated carbocycles. The molecule has 0 atom stereocenters. The first-order valence-corrected chi connectivity index (χ1v) is 8.96. The Balaban J connectivity index is 3.58. The van der Waals surface area contributed by atoms with Gasteiger partial charge < -0.3 is 19.4 Å². The lowest BCUT2D eigenvalue weighted by atomic mass is 10.1. The van der Waals surface area contributed by atoms with Gasteiger partial charge in [-0.3, -0.25) is 0 Å². The number of hydrogen-bond acceptors (Lipinski definition) is 4. The third-order valence-corrected chi connectivity index (χ3v) is 4.52. The Morgan fingerprint density at radius 2 is 1.04 bits per heavy atom. The van der Waals surface area contributed by atoms with E-state index in [0.29, 0.717) is 0 Å². The van der Waals surface area contributed by atoms with Crippen molar-refractivity contribution in [2.45, 2.75) is 41.5 Å². The Hall–Kier alpha value is -1.58. The number of benzene rings is 1. The van der Waals surface area contributed by atoms with E-state index in [1.165, 1.54) is 5.69 Å². The van der Waals surface area contributed by atoms with Crippen molar-refractivity contribution in [3.05, 3.63) is 19.2 Å². The van der Waals surface area contributed by atoms with Crippen molar-refractivity contribution in [2.75, 3.05) is 54.0 Å². The number of anilines is 3. The Bertz CT molecular complexity index is 431. The zero-order valence-corrected chi connectivity index (χ0v) is 15.9. The molecule has 0 fully saturated rings. The molecule has 23 heavy (non-hydrogen) atoms. The second kappa shape index (κ2) is 9.53. The first kappa shape index (κ1) is 19.5. The highest BCUT2D eigenvalue weighted by Crippen LogP contribution is 2.42. The van der Waals surface area contributed by atoms with Gasteiger partial charge in [0.2, 0.25) is 0 Å². The van der Waals surface area contributed by atoms with Gasteiger partial charge in [-0.1, -0.05) is 0 Å². The van der Waals surface area contributed by atoms with Crippen molar-refractivity contribution in [1.29, 1.82) is 0 Å². The van der Waals surface area contributed by atoms with Gasteiger partial charge in [0.25, 0.3) is 0 Å². The van der Waals surface area contributed by atoms with Crippen molar-refractivity contribution in [1.82, 2.24) is 0 Å². The lowest BCUT2D eigenvalue weighted by molar-refractivity contribution is 0.471. The summed E-state index contributed by atoms with van der Waals surface area (Å²) >= 11 is 0. The maximum absolute atomic E-state index is 5.60. The molecule has 0 amide bonds. The van der Waals surface area contributed by atoms with E-state index in [-0.39, 0.29) is 0 Å². The molecule has 0 N–H and O–H groups in total. The van der Waals surface area contributed by atoms with Crippen LogP contribution in [0.4, 0.5) is 17.1 Å². The van der Waals surface area contributed by atoms with E-state index >= 15 is 0 Å². The maximum atomic E-state index is 5.60. The van der Waals surface area contributed by atoms with Gasteiger partial charge in [0.05, 0.1) is 11.4 Å². The summed E-state index contributed by atoms with van der Waals surface area (Å²) in [5.74, 6) is 0.883. The van der Waals surface area contributed by atoms with Crippen molar-refractivity contribution >= 4 is 17.1 Å². The highest BCUT2D eigenvalue weighted by Gasteiger charge is 2.20. The van der Waals surface area contributed by atoms with E-state index in [1.807, 2.05) is 0 Å². The number of ether oxygens (including phenoxy) is 1. The first-order chi connectivity index (χ1) is 11.1. The summed E-state index contributed by atoms with van der Waals surface area (Å²) in [7, 11) is 3.73. The van der Waals surface area contributed by atoms with Gasteiger partial charge in [0.15, 0.2) is 5.75 Å². The van der Waals surface area contributed by atoms with Gasteiger partial charge in [-0.2, -0.15) is 0 Å². The van der Waals surface area contributed by atoms with Crippen LogP contribution in [0.25, 0.3) is 0 Å². The first-order valence-electron chi connectivity index (χ1n) is 8.96. The van der Waals surface area contributed by atoms with Gasteiger partial charge in [0, 0.05) is 45.0 Å². The SMILES string of the molecule is [CH2]Oc1c(N(CC)CC)cc(N(CC)CC)cc1N(CC)CC. The molecule has 0 unspecified atom stereocenters.